The molecule has 0 aliphatic carbocycles. The van der Waals surface area contributed by atoms with Crippen molar-refractivity contribution in [1.82, 2.24) is 20.6 Å². The van der Waals surface area contributed by atoms with Crippen LogP contribution in [0.2, 0.25) is 0 Å². The van der Waals surface area contributed by atoms with Gasteiger partial charge in [-0.15, -0.1) is 0 Å². The van der Waals surface area contributed by atoms with Gasteiger partial charge in [-0.25, -0.2) is 4.98 Å². The van der Waals surface area contributed by atoms with E-state index >= 15 is 0 Å². The highest BCUT2D eigenvalue weighted by Crippen LogP contribution is 2.07. The second-order valence-electron chi connectivity index (χ2n) is 4.95. The number of nitrogens with zero attached hydrogens (tertiary/aromatic N) is 1. The zero-order valence-electron chi connectivity index (χ0n) is 11.0. The fourth-order valence-electron chi connectivity index (χ4n) is 2.37. The number of para-hydroxylation sites is 1. The van der Waals surface area contributed by atoms with Crippen molar-refractivity contribution in [2.75, 3.05) is 6.54 Å². The van der Waals surface area contributed by atoms with Gasteiger partial charge in [0, 0.05) is 19.0 Å². The Balaban J connectivity index is 1.71. The minimum Gasteiger partial charge on any atom is -0.355 e. The predicted molar refractivity (Wildman–Crippen MR) is 75.2 cm³/mol. The van der Waals surface area contributed by atoms with E-state index in [0.29, 0.717) is 36.2 Å². The van der Waals surface area contributed by atoms with Crippen LogP contribution in [0.4, 0.5) is 0 Å². The molecule has 104 valence electrons. The topological polar surface area (TPSA) is 86.9 Å². The minimum atomic E-state index is -0.121. The highest BCUT2D eigenvalue weighted by Gasteiger charge is 2.17. The van der Waals surface area contributed by atoms with Crippen LogP contribution < -0.4 is 16.2 Å². The standard InChI is InChI=1S/C14H16N4O2/c19-13-6-5-9(7-16-13)15-8-12-17-11-4-2-1-3-10(11)14(20)18-12/h1-4,9,15H,5-8H2,(H,16,19)(H,17,18,20). The molecule has 2 heterocycles. The van der Waals surface area contributed by atoms with Gasteiger partial charge in [-0.2, -0.15) is 0 Å². The molecule has 1 amide bonds. The molecule has 1 saturated heterocycles. The van der Waals surface area contributed by atoms with Crippen LogP contribution in [0.1, 0.15) is 18.7 Å². The fourth-order valence-corrected chi connectivity index (χ4v) is 2.37. The van der Waals surface area contributed by atoms with Gasteiger partial charge in [0.1, 0.15) is 5.82 Å². The quantitative estimate of drug-likeness (QED) is 0.749. The highest BCUT2D eigenvalue weighted by molar-refractivity contribution is 5.77. The van der Waals surface area contributed by atoms with E-state index in [2.05, 4.69) is 20.6 Å². The van der Waals surface area contributed by atoms with Crippen molar-refractivity contribution >= 4 is 16.8 Å². The molecule has 6 heteroatoms. The molecule has 1 atom stereocenters. The number of aromatic amines is 1. The van der Waals surface area contributed by atoms with Crippen LogP contribution in [0.5, 0.6) is 0 Å². The zero-order valence-corrected chi connectivity index (χ0v) is 11.0. The Bertz CT molecular complexity index is 685. The molecule has 1 aromatic carbocycles. The number of carbonyl (C=O) groups excluding carboxylic acids is 1. The molecule has 1 aliphatic rings. The van der Waals surface area contributed by atoms with Gasteiger partial charge in [-0.1, -0.05) is 12.1 Å². The Morgan fingerprint density at radius 3 is 2.95 bits per heavy atom. The van der Waals surface area contributed by atoms with E-state index in [4.69, 9.17) is 0 Å². The second kappa shape index (κ2) is 5.42. The molecule has 0 radical (unpaired) electrons. The van der Waals surface area contributed by atoms with Crippen molar-refractivity contribution in [3.8, 4) is 0 Å². The van der Waals surface area contributed by atoms with Crippen LogP contribution in [-0.4, -0.2) is 28.5 Å². The Morgan fingerprint density at radius 2 is 2.15 bits per heavy atom. The van der Waals surface area contributed by atoms with Crippen molar-refractivity contribution in [3.63, 3.8) is 0 Å². The number of carbonyl (C=O) groups is 1. The average Bonchev–Trinajstić information content (AvgIpc) is 2.47. The Morgan fingerprint density at radius 1 is 1.30 bits per heavy atom. The van der Waals surface area contributed by atoms with Gasteiger partial charge in [0.05, 0.1) is 17.4 Å². The van der Waals surface area contributed by atoms with Crippen LogP contribution >= 0.6 is 0 Å². The summed E-state index contributed by atoms with van der Waals surface area (Å²) in [5.41, 5.74) is 0.578. The summed E-state index contributed by atoms with van der Waals surface area (Å²) in [6.45, 7) is 1.11. The average molecular weight is 272 g/mol. The van der Waals surface area contributed by atoms with Crippen molar-refractivity contribution in [2.24, 2.45) is 0 Å². The van der Waals surface area contributed by atoms with E-state index in [-0.39, 0.29) is 17.5 Å². The third kappa shape index (κ3) is 2.70. The lowest BCUT2D eigenvalue weighted by atomic mass is 10.1. The summed E-state index contributed by atoms with van der Waals surface area (Å²) in [5, 5.41) is 6.72. The summed E-state index contributed by atoms with van der Waals surface area (Å²) >= 11 is 0. The SMILES string of the molecule is O=C1CCC(NCc2nc3ccccc3c(=O)[nH]2)CN1. The number of hydrogen-bond acceptors (Lipinski definition) is 4. The van der Waals surface area contributed by atoms with Gasteiger partial charge < -0.3 is 15.6 Å². The van der Waals surface area contributed by atoms with Crippen molar-refractivity contribution in [1.29, 1.82) is 0 Å². The summed E-state index contributed by atoms with van der Waals surface area (Å²) < 4.78 is 0. The molecule has 0 saturated carbocycles. The first-order valence-corrected chi connectivity index (χ1v) is 6.70. The van der Waals surface area contributed by atoms with E-state index in [0.717, 1.165) is 6.42 Å². The monoisotopic (exact) mass is 272 g/mol. The largest absolute Gasteiger partial charge is 0.355 e. The fraction of sp³-hybridized carbons (Fsp3) is 0.357. The number of H-pyrrole nitrogens is 1. The Kier molecular flexibility index (Phi) is 3.47. The second-order valence-corrected chi connectivity index (χ2v) is 4.95. The van der Waals surface area contributed by atoms with Crippen molar-refractivity contribution in [2.45, 2.75) is 25.4 Å². The molecule has 0 spiro atoms. The van der Waals surface area contributed by atoms with E-state index in [1.807, 2.05) is 18.2 Å². The molecule has 3 N–H and O–H groups in total. The lowest BCUT2D eigenvalue weighted by Crippen LogP contribution is -2.45. The number of fused-ring (bicyclic) bond motifs is 1. The third-order valence-electron chi connectivity index (χ3n) is 3.49. The number of rotatable bonds is 3. The smallest absolute Gasteiger partial charge is 0.258 e. The number of amides is 1. The number of aromatic nitrogens is 2. The molecule has 0 bridgehead atoms. The Labute approximate surface area is 115 Å². The van der Waals surface area contributed by atoms with Crippen LogP contribution in [-0.2, 0) is 11.3 Å². The summed E-state index contributed by atoms with van der Waals surface area (Å²) in [6, 6.07) is 7.50. The molecular weight excluding hydrogens is 256 g/mol. The normalized spacial score (nSPS) is 19.0. The molecule has 1 unspecified atom stereocenters. The summed E-state index contributed by atoms with van der Waals surface area (Å²) in [6.07, 6.45) is 1.35. The van der Waals surface area contributed by atoms with Gasteiger partial charge >= 0.3 is 0 Å². The van der Waals surface area contributed by atoms with Gasteiger partial charge in [0.15, 0.2) is 0 Å². The van der Waals surface area contributed by atoms with Gasteiger partial charge in [0.2, 0.25) is 5.91 Å². The van der Waals surface area contributed by atoms with E-state index in [1.54, 1.807) is 6.07 Å². The predicted octanol–water partition coefficient (Wildman–Crippen LogP) is 0.291. The summed E-state index contributed by atoms with van der Waals surface area (Å²) in [7, 11) is 0. The molecule has 1 aromatic heterocycles. The van der Waals surface area contributed by atoms with Gasteiger partial charge in [0.25, 0.3) is 5.56 Å². The molecule has 2 aromatic rings. The molecular formula is C14H16N4O2. The third-order valence-corrected chi connectivity index (χ3v) is 3.49. The molecule has 1 aliphatic heterocycles. The first-order valence-electron chi connectivity index (χ1n) is 6.70. The van der Waals surface area contributed by atoms with E-state index in [9.17, 15) is 9.59 Å². The van der Waals surface area contributed by atoms with Crippen LogP contribution in [0.15, 0.2) is 29.1 Å². The molecule has 1 fully saturated rings. The van der Waals surface area contributed by atoms with Gasteiger partial charge in [-0.3, -0.25) is 9.59 Å². The van der Waals surface area contributed by atoms with Crippen molar-refractivity contribution in [3.05, 3.63) is 40.4 Å². The maximum absolute atomic E-state index is 11.9. The van der Waals surface area contributed by atoms with E-state index in [1.165, 1.54) is 0 Å². The number of piperidine rings is 1. The first kappa shape index (κ1) is 12.8. The van der Waals surface area contributed by atoms with Gasteiger partial charge in [-0.05, 0) is 18.6 Å². The first-order chi connectivity index (χ1) is 9.72. The number of hydrogen-bond donors (Lipinski definition) is 3. The number of nitrogens with one attached hydrogen (secondary N) is 3. The van der Waals surface area contributed by atoms with E-state index < -0.39 is 0 Å². The van der Waals surface area contributed by atoms with Crippen LogP contribution in [0.25, 0.3) is 10.9 Å². The maximum Gasteiger partial charge on any atom is 0.258 e. The lowest BCUT2D eigenvalue weighted by molar-refractivity contribution is -0.122. The highest BCUT2D eigenvalue weighted by atomic mass is 16.1. The summed E-state index contributed by atoms with van der Waals surface area (Å²) in [4.78, 5) is 30.2. The minimum absolute atomic E-state index is 0.0975. The Hall–Kier alpha value is -2.21. The molecule has 20 heavy (non-hydrogen) atoms. The zero-order chi connectivity index (χ0) is 13.9. The maximum atomic E-state index is 11.9. The number of benzene rings is 1. The molecule has 3 rings (SSSR count). The van der Waals surface area contributed by atoms with Crippen LogP contribution in [0, 0.1) is 0 Å². The van der Waals surface area contributed by atoms with Crippen molar-refractivity contribution < 1.29 is 4.79 Å². The lowest BCUT2D eigenvalue weighted by Gasteiger charge is -2.23. The van der Waals surface area contributed by atoms with Crippen LogP contribution in [0.3, 0.4) is 0 Å². The summed E-state index contributed by atoms with van der Waals surface area (Å²) in [5.74, 6) is 0.714. The molecule has 6 nitrogen and oxygen atoms in total.